The highest BCUT2D eigenvalue weighted by Crippen LogP contribution is 2.07. The van der Waals surface area contributed by atoms with Crippen molar-refractivity contribution < 1.29 is 14.0 Å². The van der Waals surface area contributed by atoms with Crippen molar-refractivity contribution >= 4 is 11.8 Å². The van der Waals surface area contributed by atoms with Crippen LogP contribution in [0.4, 0.5) is 0 Å². The molecule has 0 aromatic carbocycles. The summed E-state index contributed by atoms with van der Waals surface area (Å²) in [5, 5.41) is 0. The Morgan fingerprint density at radius 3 is 2.50 bits per heavy atom. The van der Waals surface area contributed by atoms with Crippen LogP contribution in [0, 0.1) is 5.92 Å². The SMILES string of the molecule is CC(C)C(=O)N(C)C(=O)c1ccco1. The van der Waals surface area contributed by atoms with E-state index in [0.29, 0.717) is 0 Å². The van der Waals surface area contributed by atoms with Crippen molar-refractivity contribution in [1.82, 2.24) is 4.90 Å². The predicted octanol–water partition coefficient (Wildman–Crippen LogP) is 1.53. The van der Waals surface area contributed by atoms with Gasteiger partial charge in [-0.05, 0) is 12.1 Å². The Balaban J connectivity index is 2.76. The van der Waals surface area contributed by atoms with Gasteiger partial charge in [-0.2, -0.15) is 0 Å². The molecule has 0 spiro atoms. The Morgan fingerprint density at radius 1 is 1.43 bits per heavy atom. The molecule has 76 valence electrons. The van der Waals surface area contributed by atoms with E-state index in [-0.39, 0.29) is 17.6 Å². The van der Waals surface area contributed by atoms with E-state index < -0.39 is 5.91 Å². The fourth-order valence-electron chi connectivity index (χ4n) is 1.05. The molecule has 1 heterocycles. The lowest BCUT2D eigenvalue weighted by Crippen LogP contribution is -2.35. The van der Waals surface area contributed by atoms with Crippen molar-refractivity contribution in [3.63, 3.8) is 0 Å². The highest BCUT2D eigenvalue weighted by Gasteiger charge is 2.22. The Bertz CT molecular complexity index is 327. The highest BCUT2D eigenvalue weighted by molar-refractivity contribution is 6.03. The lowest BCUT2D eigenvalue weighted by Gasteiger charge is -2.15. The van der Waals surface area contributed by atoms with Gasteiger partial charge >= 0.3 is 0 Å². The van der Waals surface area contributed by atoms with E-state index in [1.807, 2.05) is 0 Å². The van der Waals surface area contributed by atoms with E-state index in [0.717, 1.165) is 4.90 Å². The van der Waals surface area contributed by atoms with Crippen LogP contribution in [0.1, 0.15) is 24.4 Å². The average molecular weight is 195 g/mol. The molecule has 1 aromatic rings. The second-order valence-electron chi connectivity index (χ2n) is 3.33. The molecule has 0 radical (unpaired) electrons. The van der Waals surface area contributed by atoms with Crippen molar-refractivity contribution in [3.05, 3.63) is 24.2 Å². The van der Waals surface area contributed by atoms with E-state index in [1.54, 1.807) is 19.9 Å². The first kappa shape index (κ1) is 10.5. The van der Waals surface area contributed by atoms with Crippen LogP contribution < -0.4 is 0 Å². The maximum atomic E-state index is 11.6. The average Bonchev–Trinajstić information content (AvgIpc) is 2.67. The van der Waals surface area contributed by atoms with Crippen LogP contribution >= 0.6 is 0 Å². The molecule has 14 heavy (non-hydrogen) atoms. The van der Waals surface area contributed by atoms with Gasteiger partial charge in [0.1, 0.15) is 0 Å². The third-order valence-corrected chi connectivity index (χ3v) is 1.86. The fraction of sp³-hybridized carbons (Fsp3) is 0.400. The Morgan fingerprint density at radius 2 is 2.07 bits per heavy atom. The number of rotatable bonds is 2. The standard InChI is InChI=1S/C10H13NO3/c1-7(2)9(12)11(3)10(13)8-5-4-6-14-8/h4-7H,1-3H3. The van der Waals surface area contributed by atoms with Crippen molar-refractivity contribution in [3.8, 4) is 0 Å². The molecule has 1 rings (SSSR count). The molecular weight excluding hydrogens is 182 g/mol. The first-order valence-electron chi connectivity index (χ1n) is 4.39. The summed E-state index contributed by atoms with van der Waals surface area (Å²) in [6.45, 7) is 3.49. The predicted molar refractivity (Wildman–Crippen MR) is 50.6 cm³/mol. The molecule has 0 N–H and O–H groups in total. The molecule has 0 fully saturated rings. The summed E-state index contributed by atoms with van der Waals surface area (Å²) in [4.78, 5) is 24.1. The summed E-state index contributed by atoms with van der Waals surface area (Å²) in [7, 11) is 1.45. The molecule has 0 saturated heterocycles. The number of carbonyl (C=O) groups excluding carboxylic acids is 2. The summed E-state index contributed by atoms with van der Waals surface area (Å²) in [5.74, 6) is -0.638. The van der Waals surface area contributed by atoms with Crippen LogP contribution in [0.15, 0.2) is 22.8 Å². The van der Waals surface area contributed by atoms with E-state index in [2.05, 4.69) is 0 Å². The summed E-state index contributed by atoms with van der Waals surface area (Å²) < 4.78 is 4.90. The highest BCUT2D eigenvalue weighted by atomic mass is 16.3. The van der Waals surface area contributed by atoms with Crippen LogP contribution in [-0.2, 0) is 4.79 Å². The van der Waals surface area contributed by atoms with Gasteiger partial charge in [-0.15, -0.1) is 0 Å². The fourth-order valence-corrected chi connectivity index (χ4v) is 1.05. The van der Waals surface area contributed by atoms with Gasteiger partial charge in [0.2, 0.25) is 5.91 Å². The quantitative estimate of drug-likeness (QED) is 0.719. The molecule has 4 nitrogen and oxygen atoms in total. The Hall–Kier alpha value is -1.58. The Kier molecular flexibility index (Phi) is 3.06. The van der Waals surface area contributed by atoms with E-state index in [9.17, 15) is 9.59 Å². The maximum absolute atomic E-state index is 11.6. The van der Waals surface area contributed by atoms with Gasteiger partial charge in [-0.1, -0.05) is 13.8 Å². The number of imide groups is 1. The maximum Gasteiger partial charge on any atom is 0.295 e. The first-order chi connectivity index (χ1) is 6.54. The largest absolute Gasteiger partial charge is 0.459 e. The van der Waals surface area contributed by atoms with Crippen LogP contribution in [0.2, 0.25) is 0 Å². The molecular formula is C10H13NO3. The Labute approximate surface area is 82.5 Å². The summed E-state index contributed by atoms with van der Waals surface area (Å²) >= 11 is 0. The van der Waals surface area contributed by atoms with Gasteiger partial charge in [0, 0.05) is 13.0 Å². The molecule has 0 atom stereocenters. The molecule has 0 bridgehead atoms. The molecule has 0 unspecified atom stereocenters. The molecule has 2 amide bonds. The molecule has 0 saturated carbocycles. The van der Waals surface area contributed by atoms with E-state index in [4.69, 9.17) is 4.42 Å². The van der Waals surface area contributed by atoms with Gasteiger partial charge in [0.05, 0.1) is 6.26 Å². The third-order valence-electron chi connectivity index (χ3n) is 1.86. The molecule has 4 heteroatoms. The van der Waals surface area contributed by atoms with Gasteiger partial charge < -0.3 is 4.42 Å². The zero-order valence-electron chi connectivity index (χ0n) is 8.48. The molecule has 0 aliphatic carbocycles. The second-order valence-corrected chi connectivity index (χ2v) is 3.33. The van der Waals surface area contributed by atoms with Gasteiger partial charge in [0.15, 0.2) is 5.76 Å². The molecule has 1 aromatic heterocycles. The van der Waals surface area contributed by atoms with Crippen molar-refractivity contribution in [2.24, 2.45) is 5.92 Å². The molecule has 0 aliphatic rings. The van der Waals surface area contributed by atoms with E-state index in [1.165, 1.54) is 19.4 Å². The summed E-state index contributed by atoms with van der Waals surface area (Å²) in [6, 6.07) is 3.15. The van der Waals surface area contributed by atoms with Crippen LogP contribution in [0.25, 0.3) is 0 Å². The third kappa shape index (κ3) is 2.02. The van der Waals surface area contributed by atoms with Crippen LogP contribution in [0.5, 0.6) is 0 Å². The lowest BCUT2D eigenvalue weighted by molar-refractivity contribution is -0.130. The summed E-state index contributed by atoms with van der Waals surface area (Å²) in [6.07, 6.45) is 1.40. The van der Waals surface area contributed by atoms with Crippen LogP contribution in [-0.4, -0.2) is 23.8 Å². The topological polar surface area (TPSA) is 50.5 Å². The molecule has 0 aliphatic heterocycles. The van der Waals surface area contributed by atoms with Crippen molar-refractivity contribution in [2.75, 3.05) is 7.05 Å². The monoisotopic (exact) mass is 195 g/mol. The van der Waals surface area contributed by atoms with Crippen LogP contribution in [0.3, 0.4) is 0 Å². The normalized spacial score (nSPS) is 10.3. The zero-order valence-corrected chi connectivity index (χ0v) is 8.48. The number of nitrogens with zero attached hydrogens (tertiary/aromatic N) is 1. The lowest BCUT2D eigenvalue weighted by atomic mass is 10.2. The number of hydrogen-bond acceptors (Lipinski definition) is 3. The minimum atomic E-state index is -0.409. The summed E-state index contributed by atoms with van der Waals surface area (Å²) in [5.41, 5.74) is 0. The first-order valence-corrected chi connectivity index (χ1v) is 4.39. The minimum absolute atomic E-state index is 0.182. The number of hydrogen-bond donors (Lipinski definition) is 0. The number of carbonyl (C=O) groups is 2. The van der Waals surface area contributed by atoms with Gasteiger partial charge in [-0.3, -0.25) is 14.5 Å². The zero-order chi connectivity index (χ0) is 10.7. The minimum Gasteiger partial charge on any atom is -0.459 e. The van der Waals surface area contributed by atoms with Gasteiger partial charge in [-0.25, -0.2) is 0 Å². The number of amides is 2. The van der Waals surface area contributed by atoms with E-state index >= 15 is 0 Å². The van der Waals surface area contributed by atoms with Crippen molar-refractivity contribution in [1.29, 1.82) is 0 Å². The number of furan rings is 1. The second kappa shape index (κ2) is 4.09. The van der Waals surface area contributed by atoms with Gasteiger partial charge in [0.25, 0.3) is 5.91 Å². The smallest absolute Gasteiger partial charge is 0.295 e. The van der Waals surface area contributed by atoms with Crippen molar-refractivity contribution in [2.45, 2.75) is 13.8 Å².